The van der Waals surface area contributed by atoms with E-state index in [4.69, 9.17) is 10.2 Å². The maximum Gasteiger partial charge on any atom is 0.118 e. The molecule has 0 N–H and O–H groups in total. The number of hydrogen-bond acceptors (Lipinski definition) is 1. The molecule has 0 aliphatic heterocycles. The van der Waals surface area contributed by atoms with Gasteiger partial charge in [0.25, 0.3) is 0 Å². The molecule has 0 atom stereocenters. The maximum absolute atomic E-state index is 7.56. The Balaban J connectivity index is 2.92. The summed E-state index contributed by atoms with van der Waals surface area (Å²) >= 11 is 0. The molecule has 0 radical (unpaired) electrons. The van der Waals surface area contributed by atoms with E-state index >= 15 is 0 Å². The highest BCUT2D eigenvalue weighted by Gasteiger charge is 1.87. The van der Waals surface area contributed by atoms with Gasteiger partial charge in [-0.1, -0.05) is 24.3 Å². The number of allylic oxidation sites excluding steroid dienone is 1. The van der Waals surface area contributed by atoms with Crippen molar-refractivity contribution < 1.29 is 10.2 Å². The molecule has 0 unspecified atom stereocenters. The van der Waals surface area contributed by atoms with Crippen molar-refractivity contribution in [3.05, 3.63) is 35.9 Å². The van der Waals surface area contributed by atoms with E-state index < -0.39 is 6.85 Å². The van der Waals surface area contributed by atoms with E-state index in [9.17, 15) is 0 Å². The summed E-state index contributed by atoms with van der Waals surface area (Å²) in [5, 5.41) is 0. The molecule has 0 heterocycles. The zero-order valence-corrected chi connectivity index (χ0v) is 6.29. The van der Waals surface area contributed by atoms with E-state index in [-0.39, 0.29) is 6.05 Å². The van der Waals surface area contributed by atoms with Crippen LogP contribution in [0.4, 0.5) is 0 Å². The Kier molecular flexibility index (Phi) is 1.37. The van der Waals surface area contributed by atoms with Crippen LogP contribution in [0.15, 0.2) is 30.3 Å². The van der Waals surface area contributed by atoms with E-state index in [1.54, 1.807) is 31.4 Å². The average molecular weight is 152 g/mol. The van der Waals surface area contributed by atoms with Gasteiger partial charge in [0, 0.05) is 4.11 Å². The van der Waals surface area contributed by atoms with Gasteiger partial charge in [-0.2, -0.15) is 0 Å². The highest BCUT2D eigenvalue weighted by molar-refractivity contribution is 5.50. The molecule has 58 valence electrons. The summed E-state index contributed by atoms with van der Waals surface area (Å²) in [7, 11) is 1.55. The van der Waals surface area contributed by atoms with Crippen LogP contribution in [0.2, 0.25) is 0 Å². The monoisotopic (exact) mass is 152 g/mol. The van der Waals surface area contributed by atoms with Gasteiger partial charge in [-0.15, -0.1) is 0 Å². The summed E-state index contributed by atoms with van der Waals surface area (Å²) in [6, 6.07) is 6.69. The minimum absolute atomic E-state index is 0.00217. The van der Waals surface area contributed by atoms with Gasteiger partial charge >= 0.3 is 0 Å². The summed E-state index contributed by atoms with van der Waals surface area (Å²) in [6.45, 7) is -2.21. The van der Waals surface area contributed by atoms with Crippen molar-refractivity contribution >= 4 is 6.05 Å². The van der Waals surface area contributed by atoms with E-state index in [0.29, 0.717) is 11.3 Å². The van der Waals surface area contributed by atoms with Gasteiger partial charge in [-0.05, 0) is 24.5 Å². The van der Waals surface area contributed by atoms with Crippen LogP contribution in [0.25, 0.3) is 6.05 Å². The van der Waals surface area contributed by atoms with Crippen LogP contribution in [-0.2, 0) is 0 Å². The van der Waals surface area contributed by atoms with Crippen molar-refractivity contribution in [3.63, 3.8) is 0 Å². The predicted octanol–water partition coefficient (Wildman–Crippen LogP) is 2.73. The van der Waals surface area contributed by atoms with Crippen LogP contribution in [-0.4, -0.2) is 7.11 Å². The molecule has 1 heteroatoms. The van der Waals surface area contributed by atoms with Crippen molar-refractivity contribution in [2.45, 2.75) is 6.85 Å². The Morgan fingerprint density at radius 2 is 2.18 bits per heavy atom. The molecule has 1 nitrogen and oxygen atoms in total. The molecule has 0 amide bonds. The molecule has 11 heavy (non-hydrogen) atoms. The van der Waals surface area contributed by atoms with E-state index in [0.717, 1.165) is 6.08 Å². The average Bonchev–Trinajstić information content (AvgIpc) is 2.15. The smallest absolute Gasteiger partial charge is 0.118 e. The first kappa shape index (κ1) is 3.96. The lowest BCUT2D eigenvalue weighted by Crippen LogP contribution is -1.80. The van der Waals surface area contributed by atoms with Crippen molar-refractivity contribution in [1.29, 1.82) is 0 Å². The van der Waals surface area contributed by atoms with Gasteiger partial charge in [0.2, 0.25) is 0 Å². The second kappa shape index (κ2) is 3.81. The number of rotatable bonds is 2. The molecule has 1 aromatic rings. The van der Waals surface area contributed by atoms with Crippen LogP contribution in [0, 0.1) is 0 Å². The molecule has 0 saturated heterocycles. The number of methoxy groups -OCH3 is 1. The van der Waals surface area contributed by atoms with Crippen LogP contribution < -0.4 is 4.74 Å². The summed E-state index contributed by atoms with van der Waals surface area (Å²) < 4.78 is 33.5. The highest BCUT2D eigenvalue weighted by atomic mass is 16.5. The Labute approximate surface area is 72.9 Å². The SMILES string of the molecule is [2H]/C(=C\C([2H])([2H])[2H])c1ccc(OC)cc1. The number of ether oxygens (including phenoxy) is 1. The molecule has 0 aliphatic rings. The van der Waals surface area contributed by atoms with E-state index in [2.05, 4.69) is 0 Å². The predicted molar refractivity (Wildman–Crippen MR) is 47.7 cm³/mol. The van der Waals surface area contributed by atoms with Crippen molar-refractivity contribution in [2.24, 2.45) is 0 Å². The van der Waals surface area contributed by atoms with E-state index in [1.807, 2.05) is 0 Å². The van der Waals surface area contributed by atoms with Gasteiger partial charge in [0.15, 0.2) is 0 Å². The fraction of sp³-hybridized carbons (Fsp3) is 0.200. The molecular formula is C10H12O. The maximum atomic E-state index is 7.56. The Hall–Kier alpha value is -1.24. The second-order valence-corrected chi connectivity index (χ2v) is 2.02. The number of hydrogen-bond donors (Lipinski definition) is 0. The molecule has 0 aromatic heterocycles. The molecule has 0 bridgehead atoms. The fourth-order valence-corrected chi connectivity index (χ4v) is 0.771. The summed E-state index contributed by atoms with van der Waals surface area (Å²) in [6.07, 6.45) is 0.953. The lowest BCUT2D eigenvalue weighted by Gasteiger charge is -1.98. The van der Waals surface area contributed by atoms with Gasteiger partial charge < -0.3 is 4.74 Å². The quantitative estimate of drug-likeness (QED) is 0.633. The van der Waals surface area contributed by atoms with Crippen LogP contribution in [0.1, 0.15) is 17.9 Å². The largest absolute Gasteiger partial charge is 0.497 e. The van der Waals surface area contributed by atoms with Crippen molar-refractivity contribution in [2.75, 3.05) is 7.11 Å². The number of benzene rings is 1. The Bertz CT molecular complexity index is 351. The first-order valence-electron chi connectivity index (χ1n) is 5.26. The zero-order chi connectivity index (χ0) is 11.5. The second-order valence-electron chi connectivity index (χ2n) is 2.02. The minimum Gasteiger partial charge on any atom is -0.497 e. The van der Waals surface area contributed by atoms with E-state index in [1.165, 1.54) is 0 Å². The Morgan fingerprint density at radius 1 is 1.45 bits per heavy atom. The fourth-order valence-electron chi connectivity index (χ4n) is 0.771. The summed E-state index contributed by atoms with van der Waals surface area (Å²) in [5.41, 5.74) is 0.562. The first-order valence-corrected chi connectivity index (χ1v) is 3.26. The molecule has 0 saturated carbocycles. The summed E-state index contributed by atoms with van der Waals surface area (Å²) in [5.74, 6) is 0.681. The summed E-state index contributed by atoms with van der Waals surface area (Å²) in [4.78, 5) is 0. The van der Waals surface area contributed by atoms with Crippen molar-refractivity contribution in [3.8, 4) is 5.75 Å². The highest BCUT2D eigenvalue weighted by Crippen LogP contribution is 2.11. The minimum atomic E-state index is -2.21. The molecular weight excluding hydrogens is 136 g/mol. The first-order chi connectivity index (χ1) is 6.92. The normalized spacial score (nSPS) is 17.7. The molecule has 0 fully saturated rings. The third-order valence-corrected chi connectivity index (χ3v) is 1.33. The van der Waals surface area contributed by atoms with Gasteiger partial charge in [0.1, 0.15) is 5.75 Å². The van der Waals surface area contributed by atoms with Crippen LogP contribution in [0.5, 0.6) is 5.75 Å². The molecule has 0 aliphatic carbocycles. The van der Waals surface area contributed by atoms with Gasteiger partial charge in [-0.3, -0.25) is 0 Å². The Morgan fingerprint density at radius 3 is 2.73 bits per heavy atom. The van der Waals surface area contributed by atoms with Crippen molar-refractivity contribution in [1.82, 2.24) is 0 Å². The van der Waals surface area contributed by atoms with Gasteiger partial charge in [0.05, 0.1) is 8.48 Å². The van der Waals surface area contributed by atoms with Gasteiger partial charge in [-0.25, -0.2) is 0 Å². The topological polar surface area (TPSA) is 9.23 Å². The third-order valence-electron chi connectivity index (χ3n) is 1.33. The lowest BCUT2D eigenvalue weighted by atomic mass is 10.2. The molecule has 1 rings (SSSR count). The van der Waals surface area contributed by atoms with Crippen LogP contribution in [0.3, 0.4) is 0 Å². The third kappa shape index (κ3) is 2.11. The zero-order valence-electron chi connectivity index (χ0n) is 10.3. The van der Waals surface area contributed by atoms with Crippen LogP contribution >= 0.6 is 0 Å². The molecule has 1 aromatic carbocycles. The molecule has 0 spiro atoms. The lowest BCUT2D eigenvalue weighted by molar-refractivity contribution is 0.415. The standard InChI is InChI=1S/C10H12O/c1-3-4-9-5-7-10(11-2)8-6-9/h3-8H,1-2H3/b4-3+/i1D3,4D.